The number of ether oxygens (including phenoxy) is 1. The number of carbonyl (C=O) groups is 1. The third-order valence-electron chi connectivity index (χ3n) is 3.16. The second-order valence-electron chi connectivity index (χ2n) is 5.89. The minimum Gasteiger partial charge on any atom is -0.498 e. The SMILES string of the molecule is CC1=C(C(=O)NCC(C)(C)CC(C)O)CCCO1. The van der Waals surface area contributed by atoms with Gasteiger partial charge in [-0.1, -0.05) is 13.8 Å². The Morgan fingerprint density at radius 1 is 1.56 bits per heavy atom. The maximum atomic E-state index is 12.0. The summed E-state index contributed by atoms with van der Waals surface area (Å²) in [6, 6.07) is 0. The summed E-state index contributed by atoms with van der Waals surface area (Å²) in [7, 11) is 0. The molecule has 104 valence electrons. The predicted molar refractivity (Wildman–Crippen MR) is 71.0 cm³/mol. The molecule has 1 unspecified atom stereocenters. The number of aliphatic hydroxyl groups excluding tert-OH is 1. The Bertz CT molecular complexity index is 332. The van der Waals surface area contributed by atoms with Gasteiger partial charge >= 0.3 is 0 Å². The fourth-order valence-electron chi connectivity index (χ4n) is 2.31. The van der Waals surface area contributed by atoms with Gasteiger partial charge in [0.15, 0.2) is 0 Å². The lowest BCUT2D eigenvalue weighted by Crippen LogP contribution is -2.37. The smallest absolute Gasteiger partial charge is 0.250 e. The second-order valence-corrected chi connectivity index (χ2v) is 5.89. The van der Waals surface area contributed by atoms with Crippen LogP contribution in [0.1, 0.15) is 47.0 Å². The number of hydrogen-bond acceptors (Lipinski definition) is 3. The Balaban J connectivity index is 2.50. The van der Waals surface area contributed by atoms with E-state index in [0.717, 1.165) is 24.2 Å². The maximum Gasteiger partial charge on any atom is 0.250 e. The van der Waals surface area contributed by atoms with Crippen LogP contribution >= 0.6 is 0 Å². The highest BCUT2D eigenvalue weighted by Gasteiger charge is 2.23. The lowest BCUT2D eigenvalue weighted by Gasteiger charge is -2.27. The van der Waals surface area contributed by atoms with E-state index in [1.807, 2.05) is 20.8 Å². The van der Waals surface area contributed by atoms with Gasteiger partial charge in [0.05, 0.1) is 18.3 Å². The van der Waals surface area contributed by atoms with Gasteiger partial charge in [-0.25, -0.2) is 0 Å². The van der Waals surface area contributed by atoms with Crippen LogP contribution in [-0.2, 0) is 9.53 Å². The van der Waals surface area contributed by atoms with Crippen LogP contribution in [0.25, 0.3) is 0 Å². The zero-order chi connectivity index (χ0) is 13.8. The first-order valence-electron chi connectivity index (χ1n) is 6.60. The zero-order valence-electron chi connectivity index (χ0n) is 11.9. The summed E-state index contributed by atoms with van der Waals surface area (Å²) in [5.41, 5.74) is 0.655. The molecular weight excluding hydrogens is 230 g/mol. The predicted octanol–water partition coefficient (Wildman–Crippen LogP) is 1.98. The lowest BCUT2D eigenvalue weighted by molar-refractivity contribution is -0.118. The molecule has 2 N–H and O–H groups in total. The fraction of sp³-hybridized carbons (Fsp3) is 0.786. The maximum absolute atomic E-state index is 12.0. The van der Waals surface area contributed by atoms with Gasteiger partial charge < -0.3 is 15.2 Å². The molecule has 4 heteroatoms. The van der Waals surface area contributed by atoms with Crippen LogP contribution in [0.4, 0.5) is 0 Å². The van der Waals surface area contributed by atoms with Crippen molar-refractivity contribution in [1.82, 2.24) is 5.32 Å². The molecule has 1 aliphatic rings. The summed E-state index contributed by atoms with van der Waals surface area (Å²) >= 11 is 0. The summed E-state index contributed by atoms with van der Waals surface area (Å²) in [5.74, 6) is 0.706. The zero-order valence-corrected chi connectivity index (χ0v) is 11.9. The molecule has 1 heterocycles. The fourth-order valence-corrected chi connectivity index (χ4v) is 2.31. The van der Waals surface area contributed by atoms with Crippen LogP contribution in [0.15, 0.2) is 11.3 Å². The van der Waals surface area contributed by atoms with Crippen LogP contribution in [-0.4, -0.2) is 30.3 Å². The van der Waals surface area contributed by atoms with Crippen LogP contribution < -0.4 is 5.32 Å². The standard InChI is InChI=1S/C14H25NO3/c1-10(16)8-14(3,4)9-15-13(17)12-6-5-7-18-11(12)2/h10,16H,5-9H2,1-4H3,(H,15,17). The van der Waals surface area contributed by atoms with E-state index in [9.17, 15) is 9.90 Å². The molecule has 1 amide bonds. The molecule has 4 nitrogen and oxygen atoms in total. The summed E-state index contributed by atoms with van der Waals surface area (Å²) < 4.78 is 5.39. The highest BCUT2D eigenvalue weighted by molar-refractivity contribution is 5.93. The van der Waals surface area contributed by atoms with Gasteiger partial charge in [0.1, 0.15) is 5.76 Å². The first-order chi connectivity index (χ1) is 8.32. The summed E-state index contributed by atoms with van der Waals surface area (Å²) in [4.78, 5) is 12.0. The number of hydrogen-bond donors (Lipinski definition) is 2. The first-order valence-corrected chi connectivity index (χ1v) is 6.60. The number of nitrogens with one attached hydrogen (secondary N) is 1. The van der Waals surface area contributed by atoms with Crippen molar-refractivity contribution in [2.45, 2.75) is 53.1 Å². The second kappa shape index (κ2) is 6.23. The average molecular weight is 255 g/mol. The van der Waals surface area contributed by atoms with Crippen molar-refractivity contribution in [3.8, 4) is 0 Å². The van der Waals surface area contributed by atoms with Crippen molar-refractivity contribution >= 4 is 5.91 Å². The molecule has 1 rings (SSSR count). The molecule has 0 radical (unpaired) electrons. The van der Waals surface area contributed by atoms with E-state index in [1.54, 1.807) is 6.92 Å². The highest BCUT2D eigenvalue weighted by Crippen LogP contribution is 2.22. The summed E-state index contributed by atoms with van der Waals surface area (Å²) in [6.45, 7) is 8.96. The summed E-state index contributed by atoms with van der Waals surface area (Å²) in [5, 5.41) is 12.3. The molecule has 0 saturated heterocycles. The Kier molecular flexibility index (Phi) is 5.20. The largest absolute Gasteiger partial charge is 0.498 e. The quantitative estimate of drug-likeness (QED) is 0.790. The van der Waals surface area contributed by atoms with Gasteiger partial charge in [-0.3, -0.25) is 4.79 Å². The number of aliphatic hydroxyl groups is 1. The van der Waals surface area contributed by atoms with E-state index in [1.165, 1.54) is 0 Å². The van der Waals surface area contributed by atoms with Crippen LogP contribution in [0, 0.1) is 5.41 Å². The molecule has 1 aliphatic heterocycles. The van der Waals surface area contributed by atoms with E-state index in [2.05, 4.69) is 5.32 Å². The Morgan fingerprint density at radius 3 is 2.78 bits per heavy atom. The minimum atomic E-state index is -0.351. The Labute approximate surface area is 109 Å². The van der Waals surface area contributed by atoms with Crippen molar-refractivity contribution in [3.05, 3.63) is 11.3 Å². The number of carbonyl (C=O) groups excluding carboxylic acids is 1. The van der Waals surface area contributed by atoms with E-state index >= 15 is 0 Å². The van der Waals surface area contributed by atoms with E-state index in [-0.39, 0.29) is 17.4 Å². The van der Waals surface area contributed by atoms with Gasteiger partial charge in [0.2, 0.25) is 0 Å². The number of allylic oxidation sites excluding steroid dienone is 1. The average Bonchev–Trinajstić information content (AvgIpc) is 2.25. The molecular formula is C14H25NO3. The number of amides is 1. The molecule has 0 aromatic carbocycles. The molecule has 0 aliphatic carbocycles. The van der Waals surface area contributed by atoms with E-state index in [0.29, 0.717) is 19.6 Å². The molecule has 18 heavy (non-hydrogen) atoms. The molecule has 0 fully saturated rings. The molecule has 0 spiro atoms. The topological polar surface area (TPSA) is 58.6 Å². The van der Waals surface area contributed by atoms with Gasteiger partial charge in [-0.05, 0) is 38.5 Å². The highest BCUT2D eigenvalue weighted by atomic mass is 16.5. The minimum absolute atomic E-state index is 0.0362. The van der Waals surface area contributed by atoms with Crippen molar-refractivity contribution in [1.29, 1.82) is 0 Å². The molecule has 1 atom stereocenters. The molecule has 0 bridgehead atoms. The monoisotopic (exact) mass is 255 g/mol. The Hall–Kier alpha value is -1.03. The summed E-state index contributed by atoms with van der Waals surface area (Å²) in [6.07, 6.45) is 2.00. The van der Waals surface area contributed by atoms with Gasteiger partial charge in [-0.15, -0.1) is 0 Å². The van der Waals surface area contributed by atoms with Crippen molar-refractivity contribution < 1.29 is 14.6 Å². The third kappa shape index (κ3) is 4.69. The van der Waals surface area contributed by atoms with Gasteiger partial charge in [-0.2, -0.15) is 0 Å². The van der Waals surface area contributed by atoms with Crippen LogP contribution in [0.3, 0.4) is 0 Å². The molecule has 0 aromatic rings. The van der Waals surface area contributed by atoms with Crippen LogP contribution in [0.2, 0.25) is 0 Å². The lowest BCUT2D eigenvalue weighted by atomic mass is 9.87. The Morgan fingerprint density at radius 2 is 2.22 bits per heavy atom. The third-order valence-corrected chi connectivity index (χ3v) is 3.16. The molecule has 0 aromatic heterocycles. The van der Waals surface area contributed by atoms with Crippen LogP contribution in [0.5, 0.6) is 0 Å². The van der Waals surface area contributed by atoms with Crippen molar-refractivity contribution in [3.63, 3.8) is 0 Å². The van der Waals surface area contributed by atoms with Crippen molar-refractivity contribution in [2.75, 3.05) is 13.2 Å². The van der Waals surface area contributed by atoms with Crippen molar-refractivity contribution in [2.24, 2.45) is 5.41 Å². The van der Waals surface area contributed by atoms with E-state index in [4.69, 9.17) is 4.74 Å². The first kappa shape index (κ1) is 15.0. The van der Waals surface area contributed by atoms with Gasteiger partial charge in [0.25, 0.3) is 5.91 Å². The van der Waals surface area contributed by atoms with Gasteiger partial charge in [0, 0.05) is 6.54 Å². The molecule has 0 saturated carbocycles. The van der Waals surface area contributed by atoms with E-state index < -0.39 is 0 Å². The normalized spacial score (nSPS) is 18.3. The number of rotatable bonds is 5.